The van der Waals surface area contributed by atoms with E-state index in [-0.39, 0.29) is 17.9 Å². The molecule has 0 bridgehead atoms. The van der Waals surface area contributed by atoms with E-state index >= 15 is 0 Å². The molecule has 1 N–H and O–H groups in total. The van der Waals surface area contributed by atoms with Crippen LogP contribution < -0.4 is 0 Å². The van der Waals surface area contributed by atoms with E-state index in [9.17, 15) is 18.3 Å². The minimum atomic E-state index is -1.58. The molecule has 3 aromatic heterocycles. The van der Waals surface area contributed by atoms with E-state index in [0.717, 1.165) is 32.9 Å². The molecule has 6 atom stereocenters. The molecule has 6 aromatic rings. The maximum atomic E-state index is 14.1. The summed E-state index contributed by atoms with van der Waals surface area (Å²) in [7, 11) is 0. The normalized spacial score (nSPS) is 24.5. The zero-order chi connectivity index (χ0) is 32.4. The van der Waals surface area contributed by atoms with Crippen LogP contribution in [-0.2, 0) is 14.2 Å². The Morgan fingerprint density at radius 1 is 0.957 bits per heavy atom. The average Bonchev–Trinajstić information content (AvgIpc) is 3.80. The van der Waals surface area contributed by atoms with Gasteiger partial charge in [-0.25, -0.2) is 32.5 Å². The van der Waals surface area contributed by atoms with Crippen molar-refractivity contribution >= 4 is 21.6 Å². The van der Waals surface area contributed by atoms with Crippen LogP contribution in [0.25, 0.3) is 27.2 Å². The van der Waals surface area contributed by atoms with Crippen LogP contribution in [0.2, 0.25) is 0 Å². The third kappa shape index (κ3) is 5.29. The van der Waals surface area contributed by atoms with Crippen molar-refractivity contribution < 1.29 is 32.5 Å². The van der Waals surface area contributed by atoms with E-state index < -0.39 is 54.2 Å². The predicted octanol–water partition coefficient (Wildman–Crippen LogP) is 5.33. The third-order valence-electron chi connectivity index (χ3n) is 8.26. The second kappa shape index (κ2) is 11.6. The standard InChI is InChI=1S/C32H26F3N7O4S/c1-15-36-31(42(39-15)19-8-9-22-25(12-19)47-16(2)37-22)30-28(43)27(29-24(45-30)14-44-32(46-29)17-6-4-3-5-7-17)41-13-23(38-40-41)18-10-20(33)26(35)21(34)11-18/h3-13,24,27-30,32,43H,14H2,1-2H3/t24-,27-,28-,29+,30-,32?/m1/s1. The second-order valence-corrected chi connectivity index (χ2v) is 12.6. The fraction of sp³-hybridized carbons (Fsp3) is 0.281. The first-order chi connectivity index (χ1) is 22.7. The van der Waals surface area contributed by atoms with Gasteiger partial charge in [-0.15, -0.1) is 16.4 Å². The number of aromatic nitrogens is 7. The average molecular weight is 662 g/mol. The quantitative estimate of drug-likeness (QED) is 0.245. The number of hydrogen-bond donors (Lipinski definition) is 1. The largest absolute Gasteiger partial charge is 0.388 e. The first kappa shape index (κ1) is 29.8. The molecule has 15 heteroatoms. The van der Waals surface area contributed by atoms with Crippen LogP contribution in [0.5, 0.6) is 0 Å². The molecule has 3 aromatic carbocycles. The third-order valence-corrected chi connectivity index (χ3v) is 9.19. The van der Waals surface area contributed by atoms with Gasteiger partial charge in [-0.05, 0) is 44.2 Å². The van der Waals surface area contributed by atoms with Gasteiger partial charge in [0.2, 0.25) is 0 Å². The summed E-state index contributed by atoms with van der Waals surface area (Å²) in [4.78, 5) is 9.20. The Kier molecular flexibility index (Phi) is 7.37. The number of rotatable bonds is 5. The highest BCUT2D eigenvalue weighted by Crippen LogP contribution is 2.44. The van der Waals surface area contributed by atoms with Gasteiger partial charge in [-0.2, -0.15) is 5.10 Å². The Hall–Kier alpha value is -4.54. The van der Waals surface area contributed by atoms with E-state index in [0.29, 0.717) is 17.3 Å². The number of nitrogens with zero attached hydrogens (tertiary/aromatic N) is 7. The molecule has 11 nitrogen and oxygen atoms in total. The van der Waals surface area contributed by atoms with Gasteiger partial charge in [0.25, 0.3) is 0 Å². The van der Waals surface area contributed by atoms with Gasteiger partial charge in [0.15, 0.2) is 29.6 Å². The Morgan fingerprint density at radius 3 is 2.53 bits per heavy atom. The number of aliphatic hydroxyl groups excluding tert-OH is 1. The molecule has 2 saturated heterocycles. The Balaban J connectivity index is 1.20. The molecule has 0 amide bonds. The maximum Gasteiger partial charge on any atom is 0.194 e. The van der Waals surface area contributed by atoms with Gasteiger partial charge < -0.3 is 19.3 Å². The molecule has 1 unspecified atom stereocenters. The number of aliphatic hydroxyl groups is 1. The van der Waals surface area contributed by atoms with Crippen molar-refractivity contribution in [2.24, 2.45) is 0 Å². The van der Waals surface area contributed by atoms with E-state index in [4.69, 9.17) is 14.2 Å². The highest BCUT2D eigenvalue weighted by molar-refractivity contribution is 7.18. The zero-order valence-corrected chi connectivity index (χ0v) is 25.7. The van der Waals surface area contributed by atoms with Crippen LogP contribution in [0, 0.1) is 31.3 Å². The smallest absolute Gasteiger partial charge is 0.194 e. The second-order valence-electron chi connectivity index (χ2n) is 11.4. The minimum absolute atomic E-state index is 0.0265. The van der Waals surface area contributed by atoms with E-state index in [1.165, 1.54) is 10.9 Å². The summed E-state index contributed by atoms with van der Waals surface area (Å²) < 4.78 is 64.9. The van der Waals surface area contributed by atoms with Crippen LogP contribution in [0.4, 0.5) is 13.2 Å². The SMILES string of the molecule is Cc1nc([C@@H]2O[C@@H]3COC(c4ccccc4)O[C@@H]3[C@H](n3cc(-c4cc(F)c(F)c(F)c4)nn3)[C@H]2O)n(-c2ccc3nc(C)sc3c2)n1. The molecular weight excluding hydrogens is 635 g/mol. The molecule has 2 aliphatic rings. The fourth-order valence-corrected chi connectivity index (χ4v) is 7.00. The van der Waals surface area contributed by atoms with E-state index in [1.807, 2.05) is 55.5 Å². The van der Waals surface area contributed by atoms with Crippen molar-refractivity contribution in [3.05, 3.63) is 107 Å². The van der Waals surface area contributed by atoms with Crippen LogP contribution in [0.15, 0.2) is 66.9 Å². The van der Waals surface area contributed by atoms with Crippen LogP contribution in [0.1, 0.15) is 40.7 Å². The van der Waals surface area contributed by atoms with Crippen molar-refractivity contribution in [1.82, 2.24) is 34.7 Å². The van der Waals surface area contributed by atoms with E-state index in [2.05, 4.69) is 25.4 Å². The molecule has 0 saturated carbocycles. The molecule has 0 aliphatic carbocycles. The number of benzene rings is 3. The van der Waals surface area contributed by atoms with Crippen LogP contribution in [-0.4, -0.2) is 64.8 Å². The maximum absolute atomic E-state index is 14.1. The van der Waals surface area contributed by atoms with Gasteiger partial charge in [0.05, 0.1) is 33.7 Å². The highest BCUT2D eigenvalue weighted by Gasteiger charge is 2.52. The Labute approximate surface area is 269 Å². The lowest BCUT2D eigenvalue weighted by Crippen LogP contribution is -2.57. The number of ether oxygens (including phenoxy) is 3. The predicted molar refractivity (Wildman–Crippen MR) is 162 cm³/mol. The van der Waals surface area contributed by atoms with Gasteiger partial charge >= 0.3 is 0 Å². The first-order valence-electron chi connectivity index (χ1n) is 14.8. The molecule has 2 fully saturated rings. The summed E-state index contributed by atoms with van der Waals surface area (Å²) in [6, 6.07) is 15.8. The van der Waals surface area contributed by atoms with E-state index in [1.54, 1.807) is 22.9 Å². The lowest BCUT2D eigenvalue weighted by Gasteiger charge is -2.47. The monoisotopic (exact) mass is 661 g/mol. The Morgan fingerprint density at radius 2 is 1.74 bits per heavy atom. The number of halogens is 3. The molecule has 8 rings (SSSR count). The van der Waals surface area contributed by atoms with Crippen molar-refractivity contribution in [1.29, 1.82) is 0 Å². The first-order valence-corrected chi connectivity index (χ1v) is 15.6. The number of aryl methyl sites for hydroxylation is 2. The summed E-state index contributed by atoms with van der Waals surface area (Å²) in [5.74, 6) is -3.51. The van der Waals surface area contributed by atoms with Gasteiger partial charge in [-0.1, -0.05) is 35.5 Å². The van der Waals surface area contributed by atoms with Crippen LogP contribution in [0.3, 0.4) is 0 Å². The summed E-state index contributed by atoms with van der Waals surface area (Å²) >= 11 is 1.55. The number of fused-ring (bicyclic) bond motifs is 2. The summed E-state index contributed by atoms with van der Waals surface area (Å²) in [5.41, 5.74) is 2.37. The molecule has 5 heterocycles. The molecule has 240 valence electrons. The zero-order valence-electron chi connectivity index (χ0n) is 24.9. The summed E-state index contributed by atoms with van der Waals surface area (Å²) in [5, 5.41) is 26.0. The fourth-order valence-electron chi connectivity index (χ4n) is 6.14. The highest BCUT2D eigenvalue weighted by atomic mass is 32.1. The minimum Gasteiger partial charge on any atom is -0.388 e. The number of thiazole rings is 1. The number of hydrogen-bond acceptors (Lipinski definition) is 10. The van der Waals surface area contributed by atoms with Crippen molar-refractivity contribution in [3.8, 4) is 16.9 Å². The summed E-state index contributed by atoms with van der Waals surface area (Å²) in [6.45, 7) is 3.79. The molecule has 2 aliphatic heterocycles. The van der Waals surface area contributed by atoms with Gasteiger partial charge in [0.1, 0.15) is 42.0 Å². The van der Waals surface area contributed by atoms with Gasteiger partial charge in [-0.3, -0.25) is 0 Å². The lowest BCUT2D eigenvalue weighted by atomic mass is 9.91. The topological polar surface area (TPSA) is 122 Å². The van der Waals surface area contributed by atoms with Crippen molar-refractivity contribution in [2.45, 2.75) is 50.6 Å². The summed E-state index contributed by atoms with van der Waals surface area (Å²) in [6.07, 6.45) is -3.19. The lowest BCUT2D eigenvalue weighted by molar-refractivity contribution is -0.319. The molecule has 0 spiro atoms. The Bertz CT molecular complexity index is 2080. The molecular formula is C32H26F3N7O4S. The van der Waals surface area contributed by atoms with Crippen molar-refractivity contribution in [2.75, 3.05) is 6.61 Å². The molecule has 47 heavy (non-hydrogen) atoms. The van der Waals surface area contributed by atoms with Gasteiger partial charge in [0, 0.05) is 11.1 Å². The molecule has 0 radical (unpaired) electrons. The van der Waals surface area contributed by atoms with Crippen molar-refractivity contribution in [3.63, 3.8) is 0 Å². The van der Waals surface area contributed by atoms with Crippen LogP contribution >= 0.6 is 11.3 Å².